The quantitative estimate of drug-likeness (QED) is 0.708. The van der Waals surface area contributed by atoms with E-state index in [0.717, 1.165) is 25.3 Å². The number of methoxy groups -OCH3 is 2. The van der Waals surface area contributed by atoms with Crippen LogP contribution in [0.1, 0.15) is 5.69 Å². The van der Waals surface area contributed by atoms with Gasteiger partial charge in [0, 0.05) is 46.6 Å². The van der Waals surface area contributed by atoms with Gasteiger partial charge in [0.2, 0.25) is 0 Å². The second-order valence-corrected chi connectivity index (χ2v) is 4.50. The first kappa shape index (κ1) is 13.4. The summed E-state index contributed by atoms with van der Waals surface area (Å²) in [5, 5.41) is 8.16. The van der Waals surface area contributed by atoms with E-state index in [2.05, 4.69) is 15.2 Å². The van der Waals surface area contributed by atoms with Crippen LogP contribution in [0, 0.1) is 0 Å². The summed E-state index contributed by atoms with van der Waals surface area (Å²) in [6, 6.07) is 0. The molecule has 0 aliphatic carbocycles. The zero-order valence-corrected chi connectivity index (χ0v) is 11.0. The highest BCUT2D eigenvalue weighted by molar-refractivity contribution is 4.95. The molecule has 0 spiro atoms. The van der Waals surface area contributed by atoms with Crippen molar-refractivity contribution in [3.8, 4) is 0 Å². The van der Waals surface area contributed by atoms with Crippen LogP contribution in [0.2, 0.25) is 0 Å². The first-order valence-electron chi connectivity index (χ1n) is 6.13. The number of likely N-dealkylation sites (tertiary alicyclic amines) is 1. The Labute approximate surface area is 107 Å². The lowest BCUT2D eigenvalue weighted by Gasteiger charge is -2.13. The third-order valence-corrected chi connectivity index (χ3v) is 3.23. The maximum absolute atomic E-state index is 5.47. The van der Waals surface area contributed by atoms with E-state index in [1.54, 1.807) is 18.9 Å². The highest BCUT2D eigenvalue weighted by Gasteiger charge is 2.33. The van der Waals surface area contributed by atoms with Gasteiger partial charge in [-0.3, -0.25) is 9.58 Å². The average Bonchev–Trinajstić information content (AvgIpc) is 2.97. The van der Waals surface area contributed by atoms with Crippen LogP contribution in [-0.4, -0.2) is 66.0 Å². The monoisotopic (exact) mass is 255 g/mol. The van der Waals surface area contributed by atoms with Crippen LogP contribution in [0.4, 0.5) is 0 Å². The Morgan fingerprint density at radius 3 is 2.56 bits per heavy atom. The molecule has 1 aromatic rings. The normalized spacial score (nSPS) is 24.8. The maximum Gasteiger partial charge on any atom is 0.0971 e. The van der Waals surface area contributed by atoms with E-state index in [0.29, 0.717) is 13.1 Å². The van der Waals surface area contributed by atoms with Crippen molar-refractivity contribution in [2.45, 2.75) is 25.3 Å². The molecule has 2 rings (SSSR count). The molecule has 0 radical (unpaired) electrons. The number of aromatic nitrogens is 3. The largest absolute Gasteiger partial charge is 0.377 e. The van der Waals surface area contributed by atoms with Gasteiger partial charge in [-0.2, -0.15) is 0 Å². The number of ether oxygens (including phenoxy) is 2. The number of hydrogen-bond acceptors (Lipinski definition) is 6. The summed E-state index contributed by atoms with van der Waals surface area (Å²) in [5.74, 6) is 0. The molecule has 7 nitrogen and oxygen atoms in total. The van der Waals surface area contributed by atoms with Gasteiger partial charge in [0.05, 0.1) is 24.4 Å². The Balaban J connectivity index is 1.89. The Morgan fingerprint density at radius 1 is 1.33 bits per heavy atom. The van der Waals surface area contributed by atoms with Crippen LogP contribution < -0.4 is 5.73 Å². The van der Waals surface area contributed by atoms with E-state index in [1.165, 1.54) is 0 Å². The minimum Gasteiger partial charge on any atom is -0.377 e. The van der Waals surface area contributed by atoms with Crippen molar-refractivity contribution in [2.75, 3.05) is 33.9 Å². The van der Waals surface area contributed by atoms with Gasteiger partial charge in [-0.25, -0.2) is 0 Å². The molecule has 18 heavy (non-hydrogen) atoms. The minimum atomic E-state index is 0.133. The van der Waals surface area contributed by atoms with Crippen molar-refractivity contribution < 1.29 is 9.47 Å². The van der Waals surface area contributed by atoms with Gasteiger partial charge in [0.1, 0.15) is 0 Å². The second-order valence-electron chi connectivity index (χ2n) is 4.50. The van der Waals surface area contributed by atoms with E-state index < -0.39 is 0 Å². The average molecular weight is 255 g/mol. The van der Waals surface area contributed by atoms with Gasteiger partial charge in [-0.05, 0) is 0 Å². The fourth-order valence-corrected chi connectivity index (χ4v) is 2.28. The number of nitrogens with zero attached hydrogens (tertiary/aromatic N) is 4. The molecule has 0 bridgehead atoms. The van der Waals surface area contributed by atoms with Crippen molar-refractivity contribution in [2.24, 2.45) is 5.73 Å². The van der Waals surface area contributed by atoms with Crippen LogP contribution >= 0.6 is 0 Å². The Kier molecular flexibility index (Phi) is 4.65. The van der Waals surface area contributed by atoms with Crippen LogP contribution in [0.15, 0.2) is 6.20 Å². The molecule has 1 aliphatic heterocycles. The predicted octanol–water partition coefficient (Wildman–Crippen LogP) is -0.918. The molecule has 2 atom stereocenters. The fraction of sp³-hybridized carbons (Fsp3) is 0.818. The summed E-state index contributed by atoms with van der Waals surface area (Å²) < 4.78 is 12.6. The second kappa shape index (κ2) is 6.24. The molecular weight excluding hydrogens is 234 g/mol. The van der Waals surface area contributed by atoms with Gasteiger partial charge < -0.3 is 15.2 Å². The van der Waals surface area contributed by atoms with Gasteiger partial charge in [0.15, 0.2) is 0 Å². The van der Waals surface area contributed by atoms with Gasteiger partial charge in [0.25, 0.3) is 0 Å². The molecular formula is C11H21N5O2. The van der Waals surface area contributed by atoms with E-state index in [4.69, 9.17) is 15.2 Å². The molecule has 0 saturated carbocycles. The first-order valence-corrected chi connectivity index (χ1v) is 6.13. The molecule has 1 saturated heterocycles. The molecule has 0 amide bonds. The predicted molar refractivity (Wildman–Crippen MR) is 65.9 cm³/mol. The van der Waals surface area contributed by atoms with E-state index in [1.807, 2.05) is 6.20 Å². The van der Waals surface area contributed by atoms with E-state index in [-0.39, 0.29) is 12.2 Å². The third kappa shape index (κ3) is 3.05. The molecule has 2 N–H and O–H groups in total. The molecule has 2 heterocycles. The molecule has 0 aromatic carbocycles. The Morgan fingerprint density at radius 2 is 2.00 bits per heavy atom. The fourth-order valence-electron chi connectivity index (χ4n) is 2.28. The van der Waals surface area contributed by atoms with Crippen molar-refractivity contribution >= 4 is 0 Å². The van der Waals surface area contributed by atoms with Gasteiger partial charge in [-0.15, -0.1) is 5.10 Å². The molecule has 1 aromatic heterocycles. The SMILES string of the molecule is COC1CN(Cc2cn(CCN)nn2)CC1OC. The van der Waals surface area contributed by atoms with Gasteiger partial charge in [-0.1, -0.05) is 5.21 Å². The third-order valence-electron chi connectivity index (χ3n) is 3.23. The van der Waals surface area contributed by atoms with Crippen LogP contribution in [0.25, 0.3) is 0 Å². The molecule has 1 aliphatic rings. The van der Waals surface area contributed by atoms with Crippen molar-refractivity contribution in [1.29, 1.82) is 0 Å². The summed E-state index contributed by atoms with van der Waals surface area (Å²) in [5.41, 5.74) is 6.43. The minimum absolute atomic E-state index is 0.133. The summed E-state index contributed by atoms with van der Waals surface area (Å²) in [7, 11) is 3.44. The standard InChI is InChI=1S/C11H21N5O2/c1-17-10-7-15(8-11(10)18-2)5-9-6-16(4-3-12)14-13-9/h6,10-11H,3-5,7-8,12H2,1-2H3. The number of nitrogens with two attached hydrogens (primary N) is 1. The summed E-state index contributed by atoms with van der Waals surface area (Å²) in [4.78, 5) is 2.26. The van der Waals surface area contributed by atoms with Crippen molar-refractivity contribution in [1.82, 2.24) is 19.9 Å². The topological polar surface area (TPSA) is 78.4 Å². The maximum atomic E-state index is 5.47. The molecule has 7 heteroatoms. The van der Waals surface area contributed by atoms with E-state index in [9.17, 15) is 0 Å². The van der Waals surface area contributed by atoms with Crippen LogP contribution in [0.5, 0.6) is 0 Å². The van der Waals surface area contributed by atoms with Crippen molar-refractivity contribution in [3.63, 3.8) is 0 Å². The lowest BCUT2D eigenvalue weighted by Crippen LogP contribution is -2.27. The zero-order chi connectivity index (χ0) is 13.0. The van der Waals surface area contributed by atoms with Crippen molar-refractivity contribution in [3.05, 3.63) is 11.9 Å². The lowest BCUT2D eigenvalue weighted by atomic mass is 10.3. The van der Waals surface area contributed by atoms with Crippen LogP contribution in [0.3, 0.4) is 0 Å². The molecule has 1 fully saturated rings. The zero-order valence-electron chi connectivity index (χ0n) is 11.0. The first-order chi connectivity index (χ1) is 8.76. The van der Waals surface area contributed by atoms with Gasteiger partial charge >= 0.3 is 0 Å². The number of hydrogen-bond donors (Lipinski definition) is 1. The number of rotatable bonds is 6. The Bertz CT molecular complexity index is 358. The summed E-state index contributed by atoms with van der Waals surface area (Å²) in [6.45, 7) is 3.76. The lowest BCUT2D eigenvalue weighted by molar-refractivity contribution is -0.00461. The Hall–Kier alpha value is -1.02. The smallest absolute Gasteiger partial charge is 0.0971 e. The summed E-state index contributed by atoms with van der Waals surface area (Å²) >= 11 is 0. The molecule has 102 valence electrons. The summed E-state index contributed by atoms with van der Waals surface area (Å²) in [6.07, 6.45) is 2.21. The van der Waals surface area contributed by atoms with E-state index >= 15 is 0 Å². The highest BCUT2D eigenvalue weighted by Crippen LogP contribution is 2.17. The molecule has 2 unspecified atom stereocenters. The highest BCUT2D eigenvalue weighted by atomic mass is 16.5. The van der Waals surface area contributed by atoms with Crippen LogP contribution in [-0.2, 0) is 22.6 Å².